The molecule has 1 aliphatic heterocycles. The Morgan fingerprint density at radius 1 is 1.63 bits per heavy atom. The summed E-state index contributed by atoms with van der Waals surface area (Å²) in [6.07, 6.45) is -4.65. The van der Waals surface area contributed by atoms with E-state index in [9.17, 15) is 23.1 Å². The first-order valence-electron chi connectivity index (χ1n) is 5.29. The van der Waals surface area contributed by atoms with Crippen LogP contribution in [0.2, 0.25) is 0 Å². The van der Waals surface area contributed by atoms with Crippen LogP contribution in [0, 0.1) is 6.92 Å². The Bertz CT molecular complexity index is 538. The van der Waals surface area contributed by atoms with Gasteiger partial charge in [-0.15, -0.1) is 0 Å². The van der Waals surface area contributed by atoms with Crippen LogP contribution in [-0.4, -0.2) is 27.9 Å². The Balaban J connectivity index is 2.41. The fourth-order valence-corrected chi connectivity index (χ4v) is 1.84. The molecular formula is C11H11F3N2O3. The number of alkyl halides is 3. The van der Waals surface area contributed by atoms with Gasteiger partial charge in [0.15, 0.2) is 0 Å². The van der Waals surface area contributed by atoms with Gasteiger partial charge in [-0.25, -0.2) is 5.01 Å². The van der Waals surface area contributed by atoms with Crippen molar-refractivity contribution >= 4 is 5.91 Å². The lowest BCUT2D eigenvalue weighted by molar-refractivity contribution is -0.299. The molecule has 1 aromatic heterocycles. The molecule has 19 heavy (non-hydrogen) atoms. The first-order valence-corrected chi connectivity index (χ1v) is 5.29. The number of nitrogens with zero attached hydrogens (tertiary/aromatic N) is 1. The highest BCUT2D eigenvalue weighted by molar-refractivity contribution is 5.95. The number of nitrogens with one attached hydrogen (secondary N) is 1. The molecule has 1 aliphatic rings. The number of carbonyl (C=O) groups excluding carboxylic acids is 1. The lowest BCUT2D eigenvalue weighted by atomic mass is 10.1. The number of aryl methyl sites for hydroxylation is 1. The van der Waals surface area contributed by atoms with Gasteiger partial charge in [-0.05, 0) is 13.0 Å². The lowest BCUT2D eigenvalue weighted by Gasteiger charge is -2.33. The van der Waals surface area contributed by atoms with Crippen LogP contribution in [-0.2, 0) is 0 Å². The van der Waals surface area contributed by atoms with E-state index in [4.69, 9.17) is 4.42 Å². The van der Waals surface area contributed by atoms with Gasteiger partial charge in [-0.3, -0.25) is 10.2 Å². The summed E-state index contributed by atoms with van der Waals surface area (Å²) in [6.45, 7) is 4.75. The minimum atomic E-state index is -5.01. The average molecular weight is 276 g/mol. The van der Waals surface area contributed by atoms with Crippen molar-refractivity contribution in [2.75, 3.05) is 0 Å². The van der Waals surface area contributed by atoms with Crippen LogP contribution in [0.15, 0.2) is 29.0 Å². The molecule has 1 saturated heterocycles. The van der Waals surface area contributed by atoms with E-state index >= 15 is 0 Å². The second-order valence-corrected chi connectivity index (χ2v) is 4.24. The summed E-state index contributed by atoms with van der Waals surface area (Å²) in [6, 6.07) is 1.23. The molecule has 0 spiro atoms. The van der Waals surface area contributed by atoms with Crippen molar-refractivity contribution in [3.63, 3.8) is 0 Å². The monoisotopic (exact) mass is 276 g/mol. The third-order valence-corrected chi connectivity index (χ3v) is 2.85. The number of hydrazine groups is 1. The fraction of sp³-hybridized carbons (Fsp3) is 0.364. The molecule has 1 unspecified atom stereocenters. The van der Waals surface area contributed by atoms with Crippen LogP contribution >= 0.6 is 0 Å². The number of carbonyl (C=O) groups is 1. The van der Waals surface area contributed by atoms with Crippen molar-refractivity contribution in [3.8, 4) is 0 Å². The van der Waals surface area contributed by atoms with Gasteiger partial charge in [0, 0.05) is 12.1 Å². The molecule has 0 radical (unpaired) electrons. The van der Waals surface area contributed by atoms with Crippen molar-refractivity contribution in [2.24, 2.45) is 0 Å². The van der Waals surface area contributed by atoms with E-state index in [0.717, 1.165) is 0 Å². The number of amides is 1. The van der Waals surface area contributed by atoms with Crippen LogP contribution in [0.4, 0.5) is 13.2 Å². The van der Waals surface area contributed by atoms with Crippen molar-refractivity contribution < 1.29 is 27.5 Å². The first kappa shape index (κ1) is 13.5. The molecule has 2 rings (SSSR count). The molecule has 0 aromatic carbocycles. The molecule has 1 fully saturated rings. The van der Waals surface area contributed by atoms with Crippen molar-refractivity contribution in [1.82, 2.24) is 10.4 Å². The van der Waals surface area contributed by atoms with Crippen LogP contribution in [0.25, 0.3) is 0 Å². The molecule has 0 bridgehead atoms. The number of halogens is 3. The second kappa shape index (κ2) is 4.02. The SMILES string of the molecule is C=C1CC(O)(C(F)(F)F)N(C(=O)c2ccoc2C)N1. The third kappa shape index (κ3) is 1.97. The molecule has 1 aromatic rings. The first-order chi connectivity index (χ1) is 8.67. The topological polar surface area (TPSA) is 65.7 Å². The number of furan rings is 1. The zero-order chi connectivity index (χ0) is 14.4. The van der Waals surface area contributed by atoms with Crippen molar-refractivity contribution in [2.45, 2.75) is 25.2 Å². The van der Waals surface area contributed by atoms with E-state index in [-0.39, 0.29) is 22.0 Å². The van der Waals surface area contributed by atoms with E-state index in [2.05, 4.69) is 12.0 Å². The Kier molecular flexibility index (Phi) is 2.85. The molecule has 0 aliphatic carbocycles. The van der Waals surface area contributed by atoms with E-state index in [1.165, 1.54) is 19.3 Å². The standard InChI is InChI=1S/C11H11F3N2O3/c1-6-5-10(18,11(12,13)14)16(15-6)9(17)8-3-4-19-7(8)2/h3-4,15,18H,1,5H2,2H3. The maximum atomic E-state index is 12.9. The molecule has 0 saturated carbocycles. The number of hydrogen-bond donors (Lipinski definition) is 2. The van der Waals surface area contributed by atoms with Gasteiger partial charge >= 0.3 is 6.18 Å². The lowest BCUT2D eigenvalue weighted by Crippen LogP contribution is -2.59. The predicted molar refractivity (Wildman–Crippen MR) is 57.5 cm³/mol. The minimum absolute atomic E-state index is 0.0649. The average Bonchev–Trinajstić information content (AvgIpc) is 2.81. The number of hydrogen-bond acceptors (Lipinski definition) is 4. The molecule has 2 heterocycles. The summed E-state index contributed by atoms with van der Waals surface area (Å²) >= 11 is 0. The third-order valence-electron chi connectivity index (χ3n) is 2.85. The van der Waals surface area contributed by atoms with E-state index in [1.807, 2.05) is 0 Å². The van der Waals surface area contributed by atoms with Crippen LogP contribution < -0.4 is 5.43 Å². The molecule has 1 amide bonds. The summed E-state index contributed by atoms with van der Waals surface area (Å²) in [5, 5.41) is 9.88. The Morgan fingerprint density at radius 3 is 2.74 bits per heavy atom. The van der Waals surface area contributed by atoms with E-state index in [0.29, 0.717) is 0 Å². The zero-order valence-corrected chi connectivity index (χ0v) is 9.91. The molecule has 1 atom stereocenters. The van der Waals surface area contributed by atoms with Crippen molar-refractivity contribution in [3.05, 3.63) is 35.9 Å². The highest BCUT2D eigenvalue weighted by atomic mass is 19.4. The summed E-state index contributed by atoms with van der Waals surface area (Å²) in [7, 11) is 0. The van der Waals surface area contributed by atoms with Gasteiger partial charge < -0.3 is 9.52 Å². The van der Waals surface area contributed by atoms with E-state index in [1.54, 1.807) is 0 Å². The minimum Gasteiger partial charge on any atom is -0.469 e. The van der Waals surface area contributed by atoms with Gasteiger partial charge in [0.25, 0.3) is 11.6 Å². The van der Waals surface area contributed by atoms with Gasteiger partial charge in [0.2, 0.25) is 0 Å². The quantitative estimate of drug-likeness (QED) is 0.819. The van der Waals surface area contributed by atoms with Crippen LogP contribution in [0.1, 0.15) is 22.5 Å². The second-order valence-electron chi connectivity index (χ2n) is 4.24. The largest absolute Gasteiger partial charge is 0.469 e. The molecule has 104 valence electrons. The van der Waals surface area contributed by atoms with Crippen LogP contribution in [0.3, 0.4) is 0 Å². The van der Waals surface area contributed by atoms with E-state index < -0.39 is 24.2 Å². The maximum absolute atomic E-state index is 12.9. The Hall–Kier alpha value is -1.96. The molecule has 2 N–H and O–H groups in total. The van der Waals surface area contributed by atoms with Gasteiger partial charge in [0.05, 0.1) is 11.8 Å². The highest BCUT2D eigenvalue weighted by Gasteiger charge is 2.63. The predicted octanol–water partition coefficient (Wildman–Crippen LogP) is 1.70. The summed E-state index contributed by atoms with van der Waals surface area (Å²) in [5.41, 5.74) is -1.34. The van der Waals surface area contributed by atoms with Gasteiger partial charge in [0.1, 0.15) is 5.76 Å². The summed E-state index contributed by atoms with van der Waals surface area (Å²) in [4.78, 5) is 12.0. The maximum Gasteiger partial charge on any atom is 0.438 e. The number of rotatable bonds is 1. The summed E-state index contributed by atoms with van der Waals surface area (Å²) < 4.78 is 43.6. The smallest absolute Gasteiger partial charge is 0.438 e. The van der Waals surface area contributed by atoms with Crippen molar-refractivity contribution in [1.29, 1.82) is 0 Å². The molecule has 8 heteroatoms. The Labute approximate surface area is 106 Å². The highest BCUT2D eigenvalue weighted by Crippen LogP contribution is 2.41. The molecule has 5 nitrogen and oxygen atoms in total. The normalized spacial score (nSPS) is 23.6. The zero-order valence-electron chi connectivity index (χ0n) is 9.91. The summed E-state index contributed by atoms with van der Waals surface area (Å²) in [5.74, 6) is -0.876. The molecular weight excluding hydrogens is 265 g/mol. The van der Waals surface area contributed by atoms with Gasteiger partial charge in [-0.1, -0.05) is 6.58 Å². The number of aliphatic hydroxyl groups is 1. The van der Waals surface area contributed by atoms with Gasteiger partial charge in [-0.2, -0.15) is 13.2 Å². The fourth-order valence-electron chi connectivity index (χ4n) is 1.84. The van der Waals surface area contributed by atoms with Crippen LogP contribution in [0.5, 0.6) is 0 Å². The Morgan fingerprint density at radius 2 is 2.26 bits per heavy atom.